The van der Waals surface area contributed by atoms with Crippen LogP contribution in [0.1, 0.15) is 6.92 Å². The molecule has 0 rings (SSSR count). The Morgan fingerprint density at radius 3 is 1.55 bits per heavy atom. The van der Waals surface area contributed by atoms with E-state index in [1.807, 2.05) is 42.3 Å². The van der Waals surface area contributed by atoms with Crippen LogP contribution in [0.4, 0.5) is 0 Å². The van der Waals surface area contributed by atoms with Crippen LogP contribution in [-0.2, 0) is 19.1 Å². The molecule has 8 nitrogen and oxygen atoms in total. The van der Waals surface area contributed by atoms with Gasteiger partial charge in [-0.1, -0.05) is 0 Å². The molecule has 10 heteroatoms. The molecule has 0 saturated heterocycles. The summed E-state index contributed by atoms with van der Waals surface area (Å²) in [7, 11) is 10.3. The number of hydrogen-bond donors (Lipinski definition) is 1. The van der Waals surface area contributed by atoms with E-state index in [1.54, 1.807) is 0 Å². The molecule has 0 heterocycles. The van der Waals surface area contributed by atoms with Crippen LogP contribution in [0.15, 0.2) is 0 Å². The van der Waals surface area contributed by atoms with E-state index in [1.165, 1.54) is 6.92 Å². The van der Waals surface area contributed by atoms with Crippen molar-refractivity contribution in [1.29, 1.82) is 0 Å². The van der Waals surface area contributed by atoms with Gasteiger partial charge < -0.3 is 9.42 Å². The Bertz CT molecular complexity index is 341. The number of nitrogens with zero attached hydrogens (tertiary/aromatic N) is 3. The Kier molecular flexibility index (Phi) is 11.2. The van der Waals surface area contributed by atoms with Crippen molar-refractivity contribution in [2.75, 3.05) is 55.4 Å². The van der Waals surface area contributed by atoms with Gasteiger partial charge in [0.2, 0.25) is 0 Å². The Morgan fingerprint density at radius 1 is 1.10 bits per heavy atom. The van der Waals surface area contributed by atoms with Crippen LogP contribution < -0.4 is 0 Å². The van der Waals surface area contributed by atoms with E-state index in [-0.39, 0.29) is 12.5 Å². The minimum absolute atomic E-state index is 0.0289. The van der Waals surface area contributed by atoms with Crippen molar-refractivity contribution < 1.29 is 21.7 Å². The fourth-order valence-electron chi connectivity index (χ4n) is 1.49. The Balaban J connectivity index is 0. The molecule has 0 amide bonds. The van der Waals surface area contributed by atoms with Gasteiger partial charge in [0.25, 0.3) is 0 Å². The quantitative estimate of drug-likeness (QED) is 0.395. The summed E-state index contributed by atoms with van der Waals surface area (Å²) in [6.45, 7) is 2.25. The Labute approximate surface area is 125 Å². The molecule has 0 aliphatic carbocycles. The monoisotopic (exact) mass is 333 g/mol. The van der Waals surface area contributed by atoms with Crippen LogP contribution in [-0.4, -0.2) is 89.0 Å². The van der Waals surface area contributed by atoms with Crippen molar-refractivity contribution in [3.05, 3.63) is 0 Å². The highest BCUT2D eigenvalue weighted by atomic mass is 32.3. The van der Waals surface area contributed by atoms with Crippen molar-refractivity contribution in [3.8, 4) is 0 Å². The van der Waals surface area contributed by atoms with E-state index >= 15 is 0 Å². The van der Waals surface area contributed by atoms with Crippen molar-refractivity contribution in [3.63, 3.8) is 0 Å². The lowest BCUT2D eigenvalue weighted by Crippen LogP contribution is -2.61. The zero-order chi connectivity index (χ0) is 16.6. The average Bonchev–Trinajstić information content (AvgIpc) is 2.23. The molecule has 124 valence electrons. The lowest BCUT2D eigenvalue weighted by Gasteiger charge is -2.44. The summed E-state index contributed by atoms with van der Waals surface area (Å²) in [6.07, 6.45) is 0. The van der Waals surface area contributed by atoms with Crippen LogP contribution in [0.2, 0.25) is 0 Å². The fraction of sp³-hybridized carbons (Fsp3) is 1.00. The molecule has 0 radical (unpaired) electrons. The minimum Gasteiger partial charge on any atom is -0.329 e. The standard InChI is InChI=1S/C8H22N3OP.C2H6O4S/c1-9(2)7-8(12-13,10(3)4)11(5)6;1-2-6-7(3,4)5/h7,13H2,1-6H3;2H2,1H3,(H,3,4,5). The third-order valence-electron chi connectivity index (χ3n) is 2.38. The number of rotatable bonds is 7. The molecule has 1 N–H and O–H groups in total. The average molecular weight is 333 g/mol. The first-order chi connectivity index (χ1) is 8.92. The van der Waals surface area contributed by atoms with Gasteiger partial charge in [0.15, 0.2) is 5.85 Å². The van der Waals surface area contributed by atoms with Crippen LogP contribution >= 0.6 is 9.47 Å². The zero-order valence-corrected chi connectivity index (χ0v) is 15.3. The van der Waals surface area contributed by atoms with Crippen molar-refractivity contribution >= 4 is 19.9 Å². The molecule has 0 fully saturated rings. The molecule has 1 unspecified atom stereocenters. The largest absolute Gasteiger partial charge is 0.397 e. The van der Waals surface area contributed by atoms with Crippen LogP contribution in [0.5, 0.6) is 0 Å². The highest BCUT2D eigenvalue weighted by Gasteiger charge is 2.35. The molecule has 0 aromatic carbocycles. The van der Waals surface area contributed by atoms with E-state index in [0.717, 1.165) is 6.54 Å². The normalized spacial score (nSPS) is 12.8. The summed E-state index contributed by atoms with van der Waals surface area (Å²) >= 11 is 0. The van der Waals surface area contributed by atoms with Gasteiger partial charge >= 0.3 is 10.4 Å². The van der Waals surface area contributed by atoms with E-state index in [2.05, 4.69) is 28.3 Å². The second-order valence-corrected chi connectivity index (χ2v) is 6.05. The van der Waals surface area contributed by atoms with Crippen molar-refractivity contribution in [1.82, 2.24) is 14.7 Å². The van der Waals surface area contributed by atoms with Gasteiger partial charge in [0, 0.05) is 9.47 Å². The second-order valence-electron chi connectivity index (χ2n) is 4.72. The maximum absolute atomic E-state index is 9.56. The molecule has 20 heavy (non-hydrogen) atoms. The van der Waals surface area contributed by atoms with Crippen LogP contribution in [0.25, 0.3) is 0 Å². The van der Waals surface area contributed by atoms with Gasteiger partial charge in [-0.25, -0.2) is 4.18 Å². The SMILES string of the molecule is CCOS(=O)(=O)O.CN(C)CC(OP)(N(C)C)N(C)C. The van der Waals surface area contributed by atoms with Gasteiger partial charge in [0.1, 0.15) is 0 Å². The molecule has 0 spiro atoms. The van der Waals surface area contributed by atoms with E-state index in [0.29, 0.717) is 0 Å². The first kappa shape index (κ1) is 22.4. The van der Waals surface area contributed by atoms with Crippen molar-refractivity contribution in [2.24, 2.45) is 0 Å². The lowest BCUT2D eigenvalue weighted by atomic mass is 10.3. The summed E-state index contributed by atoms with van der Waals surface area (Å²) in [5.74, 6) is -0.381. The van der Waals surface area contributed by atoms with E-state index in [4.69, 9.17) is 9.08 Å². The van der Waals surface area contributed by atoms with Crippen LogP contribution in [0.3, 0.4) is 0 Å². The number of likely N-dealkylation sites (N-methyl/N-ethyl adjacent to an activating group) is 3. The summed E-state index contributed by atoms with van der Waals surface area (Å²) in [4.78, 5) is 6.21. The topological polar surface area (TPSA) is 82.5 Å². The maximum Gasteiger partial charge on any atom is 0.397 e. The van der Waals surface area contributed by atoms with Gasteiger partial charge in [-0.2, -0.15) is 8.42 Å². The van der Waals surface area contributed by atoms with Gasteiger partial charge in [-0.3, -0.25) is 14.4 Å². The molecule has 0 aliphatic heterocycles. The molecule has 0 aromatic heterocycles. The summed E-state index contributed by atoms with van der Waals surface area (Å²) in [5.41, 5.74) is 0. The molecule has 0 aromatic rings. The highest BCUT2D eigenvalue weighted by Crippen LogP contribution is 2.20. The molecular weight excluding hydrogens is 305 g/mol. The predicted octanol–water partition coefficient (Wildman–Crippen LogP) is -0.0426. The third-order valence-corrected chi connectivity index (χ3v) is 3.29. The second kappa shape index (κ2) is 9.97. The molecule has 0 saturated carbocycles. The zero-order valence-electron chi connectivity index (χ0n) is 13.3. The molecular formula is C10H28N3O5PS. The first-order valence-corrected chi connectivity index (χ1v) is 7.76. The fourth-order valence-corrected chi connectivity index (χ4v) is 2.29. The summed E-state index contributed by atoms with van der Waals surface area (Å²) in [6, 6.07) is 0. The third kappa shape index (κ3) is 9.15. The molecule has 0 aliphatic rings. The predicted molar refractivity (Wildman–Crippen MR) is 82.6 cm³/mol. The maximum atomic E-state index is 9.56. The molecule has 0 bridgehead atoms. The Morgan fingerprint density at radius 2 is 1.50 bits per heavy atom. The van der Waals surface area contributed by atoms with E-state index in [9.17, 15) is 8.42 Å². The van der Waals surface area contributed by atoms with Gasteiger partial charge in [0.05, 0.1) is 13.2 Å². The van der Waals surface area contributed by atoms with Gasteiger partial charge in [-0.05, 0) is 49.2 Å². The van der Waals surface area contributed by atoms with E-state index < -0.39 is 10.4 Å². The van der Waals surface area contributed by atoms with Crippen LogP contribution in [0, 0.1) is 0 Å². The van der Waals surface area contributed by atoms with Crippen molar-refractivity contribution in [2.45, 2.75) is 12.8 Å². The molecule has 1 atom stereocenters. The lowest BCUT2D eigenvalue weighted by molar-refractivity contribution is -0.160. The minimum atomic E-state index is -4.17. The first-order valence-electron chi connectivity index (χ1n) is 5.92. The highest BCUT2D eigenvalue weighted by molar-refractivity contribution is 7.80. The van der Waals surface area contributed by atoms with Gasteiger partial charge in [-0.15, -0.1) is 0 Å². The summed E-state index contributed by atoms with van der Waals surface area (Å²) < 4.78 is 36.2. The number of hydrogen-bond acceptors (Lipinski definition) is 7. The Hall–Kier alpha value is 0.140. The smallest absolute Gasteiger partial charge is 0.329 e. The summed E-state index contributed by atoms with van der Waals surface area (Å²) in [5, 5.41) is 0.